The van der Waals surface area contributed by atoms with Crippen molar-refractivity contribution < 1.29 is 0 Å². The van der Waals surface area contributed by atoms with E-state index < -0.39 is 0 Å². The highest BCUT2D eigenvalue weighted by Gasteiger charge is 2.18. The van der Waals surface area contributed by atoms with Crippen LogP contribution in [0, 0.1) is 11.3 Å². The molecule has 1 aromatic rings. The van der Waals surface area contributed by atoms with Crippen LogP contribution in [0.4, 0.5) is 5.82 Å². The maximum absolute atomic E-state index is 8.69. The van der Waals surface area contributed by atoms with E-state index in [2.05, 4.69) is 21.3 Å². The molecule has 17 heavy (non-hydrogen) atoms. The molecular weight excluding hydrogens is 236 g/mol. The van der Waals surface area contributed by atoms with Crippen LogP contribution in [0.3, 0.4) is 0 Å². The summed E-state index contributed by atoms with van der Waals surface area (Å²) in [6, 6.07) is 6.47. The van der Waals surface area contributed by atoms with Gasteiger partial charge in [-0.25, -0.2) is 4.98 Å². The van der Waals surface area contributed by atoms with Crippen molar-refractivity contribution in [2.45, 2.75) is 18.9 Å². The minimum absolute atomic E-state index is 0. The molecule has 0 spiro atoms. The number of piperidine rings is 1. The molecule has 5 heteroatoms. The standard InChI is InChI=1S/C12H16N4.ClH/c1-14-11-4-6-16(7-5-11)12-3-2-10(8-13)9-15-12;/h2-3,9,11,14H,4-7H2,1H3;1H. The Bertz CT molecular complexity index is 376. The highest BCUT2D eigenvalue weighted by Crippen LogP contribution is 2.17. The molecule has 0 atom stereocenters. The van der Waals surface area contributed by atoms with Crippen molar-refractivity contribution in [3.63, 3.8) is 0 Å². The van der Waals surface area contributed by atoms with Gasteiger partial charge < -0.3 is 10.2 Å². The van der Waals surface area contributed by atoms with E-state index in [1.165, 1.54) is 0 Å². The predicted molar refractivity (Wildman–Crippen MR) is 70.5 cm³/mol. The molecule has 0 aromatic carbocycles. The van der Waals surface area contributed by atoms with Crippen LogP contribution < -0.4 is 10.2 Å². The molecule has 1 saturated heterocycles. The van der Waals surface area contributed by atoms with Crippen LogP contribution in [-0.4, -0.2) is 31.2 Å². The summed E-state index contributed by atoms with van der Waals surface area (Å²) in [7, 11) is 2.01. The topological polar surface area (TPSA) is 52.0 Å². The van der Waals surface area contributed by atoms with Gasteiger partial charge in [0, 0.05) is 25.3 Å². The summed E-state index contributed by atoms with van der Waals surface area (Å²) in [6.07, 6.45) is 3.94. The molecule has 4 nitrogen and oxygen atoms in total. The number of nitriles is 1. The molecule has 2 heterocycles. The van der Waals surface area contributed by atoms with E-state index in [-0.39, 0.29) is 12.4 Å². The van der Waals surface area contributed by atoms with Gasteiger partial charge in [-0.15, -0.1) is 12.4 Å². The monoisotopic (exact) mass is 252 g/mol. The van der Waals surface area contributed by atoms with Crippen molar-refractivity contribution in [2.24, 2.45) is 0 Å². The van der Waals surface area contributed by atoms with Crippen LogP contribution in [0.15, 0.2) is 18.3 Å². The number of pyridine rings is 1. The smallest absolute Gasteiger partial charge is 0.128 e. The summed E-state index contributed by atoms with van der Waals surface area (Å²) in [6.45, 7) is 2.06. The molecule has 0 amide bonds. The lowest BCUT2D eigenvalue weighted by Gasteiger charge is -2.32. The van der Waals surface area contributed by atoms with E-state index in [0.717, 1.165) is 31.7 Å². The van der Waals surface area contributed by atoms with Crippen molar-refractivity contribution in [2.75, 3.05) is 25.0 Å². The lowest BCUT2D eigenvalue weighted by atomic mass is 10.1. The van der Waals surface area contributed by atoms with Crippen LogP contribution >= 0.6 is 12.4 Å². The Labute approximate surface area is 108 Å². The Hall–Kier alpha value is -1.31. The number of nitrogens with one attached hydrogen (secondary N) is 1. The second-order valence-electron chi connectivity index (χ2n) is 4.07. The summed E-state index contributed by atoms with van der Waals surface area (Å²) < 4.78 is 0. The fourth-order valence-corrected chi connectivity index (χ4v) is 2.04. The molecule has 0 bridgehead atoms. The molecule has 1 N–H and O–H groups in total. The second-order valence-corrected chi connectivity index (χ2v) is 4.07. The zero-order valence-corrected chi connectivity index (χ0v) is 10.7. The normalized spacial score (nSPS) is 16.1. The van der Waals surface area contributed by atoms with E-state index in [1.807, 2.05) is 19.2 Å². The molecule has 1 fully saturated rings. The van der Waals surface area contributed by atoms with Gasteiger partial charge in [-0.05, 0) is 32.0 Å². The third-order valence-corrected chi connectivity index (χ3v) is 3.10. The Kier molecular flexibility index (Phi) is 5.20. The first-order valence-corrected chi connectivity index (χ1v) is 5.62. The number of aromatic nitrogens is 1. The number of anilines is 1. The number of halogens is 1. The highest BCUT2D eigenvalue weighted by atomic mass is 35.5. The molecule has 92 valence electrons. The maximum Gasteiger partial charge on any atom is 0.128 e. The summed E-state index contributed by atoms with van der Waals surface area (Å²) in [4.78, 5) is 6.58. The van der Waals surface area contributed by atoms with Crippen molar-refractivity contribution in [1.82, 2.24) is 10.3 Å². The predicted octanol–water partition coefficient (Wildman–Crippen LogP) is 1.56. The first-order chi connectivity index (χ1) is 7.83. The lowest BCUT2D eigenvalue weighted by Crippen LogP contribution is -2.41. The van der Waals surface area contributed by atoms with Crippen molar-refractivity contribution >= 4 is 18.2 Å². The Morgan fingerprint density at radius 2 is 2.12 bits per heavy atom. The minimum atomic E-state index is 0. The highest BCUT2D eigenvalue weighted by molar-refractivity contribution is 5.85. The molecule has 0 unspecified atom stereocenters. The fraction of sp³-hybridized carbons (Fsp3) is 0.500. The van der Waals surface area contributed by atoms with E-state index >= 15 is 0 Å². The number of hydrogen-bond donors (Lipinski definition) is 1. The SMILES string of the molecule is CNC1CCN(c2ccc(C#N)cn2)CC1.Cl. The van der Waals surface area contributed by atoms with Gasteiger partial charge in [-0.2, -0.15) is 5.26 Å². The van der Waals surface area contributed by atoms with Crippen LogP contribution in [0.2, 0.25) is 0 Å². The Balaban J connectivity index is 0.00000144. The zero-order valence-electron chi connectivity index (χ0n) is 9.89. The number of hydrogen-bond acceptors (Lipinski definition) is 4. The van der Waals surface area contributed by atoms with Crippen LogP contribution in [0.5, 0.6) is 0 Å². The second kappa shape index (κ2) is 6.43. The average molecular weight is 253 g/mol. The van der Waals surface area contributed by atoms with Gasteiger partial charge >= 0.3 is 0 Å². The molecule has 0 saturated carbocycles. The molecule has 0 radical (unpaired) electrons. The van der Waals surface area contributed by atoms with Crippen LogP contribution in [-0.2, 0) is 0 Å². The molecule has 0 aliphatic carbocycles. The van der Waals surface area contributed by atoms with Gasteiger partial charge in [0.05, 0.1) is 5.56 Å². The number of nitrogens with zero attached hydrogens (tertiary/aromatic N) is 3. The van der Waals surface area contributed by atoms with Gasteiger partial charge in [-0.3, -0.25) is 0 Å². The first-order valence-electron chi connectivity index (χ1n) is 5.62. The molecule has 1 aliphatic rings. The van der Waals surface area contributed by atoms with Crippen molar-refractivity contribution in [3.05, 3.63) is 23.9 Å². The number of rotatable bonds is 2. The summed E-state index contributed by atoms with van der Waals surface area (Å²) in [5, 5.41) is 12.0. The summed E-state index contributed by atoms with van der Waals surface area (Å²) in [5.74, 6) is 0.980. The third-order valence-electron chi connectivity index (χ3n) is 3.10. The van der Waals surface area contributed by atoms with Crippen molar-refractivity contribution in [3.8, 4) is 6.07 Å². The largest absolute Gasteiger partial charge is 0.357 e. The van der Waals surface area contributed by atoms with E-state index in [4.69, 9.17) is 5.26 Å². The Morgan fingerprint density at radius 1 is 1.41 bits per heavy atom. The molecular formula is C12H17ClN4. The maximum atomic E-state index is 8.69. The van der Waals surface area contributed by atoms with Gasteiger partial charge in [0.15, 0.2) is 0 Å². The Morgan fingerprint density at radius 3 is 2.59 bits per heavy atom. The summed E-state index contributed by atoms with van der Waals surface area (Å²) in [5.41, 5.74) is 0.619. The van der Waals surface area contributed by atoms with Crippen LogP contribution in [0.1, 0.15) is 18.4 Å². The van der Waals surface area contributed by atoms with E-state index in [9.17, 15) is 0 Å². The molecule has 2 rings (SSSR count). The lowest BCUT2D eigenvalue weighted by molar-refractivity contribution is 0.441. The molecule has 1 aromatic heterocycles. The van der Waals surface area contributed by atoms with E-state index in [0.29, 0.717) is 11.6 Å². The zero-order chi connectivity index (χ0) is 11.4. The van der Waals surface area contributed by atoms with Gasteiger partial charge in [0.2, 0.25) is 0 Å². The summed E-state index contributed by atoms with van der Waals surface area (Å²) >= 11 is 0. The van der Waals surface area contributed by atoms with Crippen LogP contribution in [0.25, 0.3) is 0 Å². The first kappa shape index (κ1) is 13.8. The molecule has 1 aliphatic heterocycles. The van der Waals surface area contributed by atoms with Gasteiger partial charge in [-0.1, -0.05) is 0 Å². The van der Waals surface area contributed by atoms with E-state index in [1.54, 1.807) is 6.20 Å². The quantitative estimate of drug-likeness (QED) is 0.868. The van der Waals surface area contributed by atoms with Gasteiger partial charge in [0.25, 0.3) is 0 Å². The third kappa shape index (κ3) is 3.32. The fourth-order valence-electron chi connectivity index (χ4n) is 2.04. The minimum Gasteiger partial charge on any atom is -0.357 e. The average Bonchev–Trinajstić information content (AvgIpc) is 2.39. The van der Waals surface area contributed by atoms with Gasteiger partial charge in [0.1, 0.15) is 11.9 Å². The van der Waals surface area contributed by atoms with Crippen molar-refractivity contribution in [1.29, 1.82) is 5.26 Å².